The lowest BCUT2D eigenvalue weighted by molar-refractivity contribution is -0.254. The van der Waals surface area contributed by atoms with Gasteiger partial charge >= 0.3 is 18.1 Å². The molecule has 2 nitrogen and oxygen atoms in total. The molecule has 0 bridgehead atoms. The highest BCUT2D eigenvalue weighted by molar-refractivity contribution is 7.11. The summed E-state index contributed by atoms with van der Waals surface area (Å²) in [7, 11) is 0. The molecule has 112 valence electrons. The molecule has 0 aromatic carbocycles. The largest absolute Gasteiger partial charge is 0.461 e. The smallest absolute Gasteiger partial charge is 0.458 e. The van der Waals surface area contributed by atoms with Gasteiger partial charge in [-0.2, -0.15) is 26.3 Å². The van der Waals surface area contributed by atoms with Gasteiger partial charge in [0.1, 0.15) is 0 Å². The Morgan fingerprint density at radius 2 is 1.90 bits per heavy atom. The first-order valence-corrected chi connectivity index (χ1v) is 6.06. The fourth-order valence-corrected chi connectivity index (χ4v) is 2.06. The number of rotatable bonds is 4. The Hall–Kier alpha value is -1.51. The molecule has 1 aromatic rings. The number of carbonyl (C=O) groups excluding carboxylic acids is 1. The van der Waals surface area contributed by atoms with Gasteiger partial charge < -0.3 is 4.74 Å². The predicted molar refractivity (Wildman–Crippen MR) is 60.0 cm³/mol. The number of allylic oxidation sites excluding steroid dienone is 1. The molecular formula is C11H8F6O2S. The first kappa shape index (κ1) is 16.5. The first-order chi connectivity index (χ1) is 9.13. The fraction of sp³-hybridized carbons (Fsp3) is 0.364. The van der Waals surface area contributed by atoms with E-state index in [1.807, 2.05) is 0 Å². The van der Waals surface area contributed by atoms with Crippen molar-refractivity contribution in [1.82, 2.24) is 0 Å². The Labute approximate surface area is 113 Å². The van der Waals surface area contributed by atoms with Crippen LogP contribution in [0.4, 0.5) is 26.3 Å². The molecule has 0 aliphatic rings. The van der Waals surface area contributed by atoms with Crippen molar-refractivity contribution < 1.29 is 35.9 Å². The number of carbonyl (C=O) groups is 1. The molecule has 0 unspecified atom stereocenters. The van der Waals surface area contributed by atoms with Gasteiger partial charge in [-0.05, 0) is 18.4 Å². The first-order valence-electron chi connectivity index (χ1n) is 5.18. The average Bonchev–Trinajstić information content (AvgIpc) is 2.81. The molecule has 9 heteroatoms. The van der Waals surface area contributed by atoms with Crippen molar-refractivity contribution in [2.24, 2.45) is 0 Å². The molecule has 0 fully saturated rings. The summed E-state index contributed by atoms with van der Waals surface area (Å²) < 4.78 is 81.7. The van der Waals surface area contributed by atoms with Crippen LogP contribution in [-0.2, 0) is 9.53 Å². The van der Waals surface area contributed by atoms with Crippen LogP contribution in [0, 0.1) is 0 Å². The molecule has 0 saturated heterocycles. The Kier molecular flexibility index (Phi) is 4.85. The number of hydrogen-bond acceptors (Lipinski definition) is 3. The number of ether oxygens (including phenoxy) is 1. The van der Waals surface area contributed by atoms with Crippen molar-refractivity contribution in [1.29, 1.82) is 0 Å². The average molecular weight is 318 g/mol. The second-order valence-corrected chi connectivity index (χ2v) is 4.41. The lowest BCUT2D eigenvalue weighted by atomic mass is 10.1. The summed E-state index contributed by atoms with van der Waals surface area (Å²) in [5, 5.41) is 1.18. The Morgan fingerprint density at radius 1 is 1.30 bits per heavy atom. The van der Waals surface area contributed by atoms with Gasteiger partial charge in [0, 0.05) is 4.88 Å². The number of esters is 1. The van der Waals surface area contributed by atoms with Gasteiger partial charge in [0.25, 0.3) is 0 Å². The molecule has 1 rings (SSSR count). The van der Waals surface area contributed by atoms with Crippen molar-refractivity contribution in [3.63, 3.8) is 0 Å². The van der Waals surface area contributed by atoms with E-state index in [1.54, 1.807) is 0 Å². The second-order valence-electron chi connectivity index (χ2n) is 3.46. The third-order valence-corrected chi connectivity index (χ3v) is 3.00. The van der Waals surface area contributed by atoms with Gasteiger partial charge in [0.05, 0.1) is 12.2 Å². The molecule has 0 spiro atoms. The van der Waals surface area contributed by atoms with Gasteiger partial charge in [0.15, 0.2) is 0 Å². The summed E-state index contributed by atoms with van der Waals surface area (Å²) in [5.74, 6) is -9.62. The van der Waals surface area contributed by atoms with Crippen LogP contribution in [0.1, 0.15) is 11.8 Å². The number of hydrogen-bond donors (Lipinski definition) is 0. The molecule has 0 radical (unpaired) electrons. The maximum absolute atomic E-state index is 13.7. The predicted octanol–water partition coefficient (Wildman–Crippen LogP) is 4.19. The molecule has 0 N–H and O–H groups in total. The minimum Gasteiger partial charge on any atom is -0.461 e. The minimum atomic E-state index is -6.03. The van der Waals surface area contributed by atoms with Crippen molar-refractivity contribution in [2.75, 3.05) is 6.61 Å². The topological polar surface area (TPSA) is 26.3 Å². The Morgan fingerprint density at radius 3 is 2.30 bits per heavy atom. The fourth-order valence-electron chi connectivity index (χ4n) is 1.26. The van der Waals surface area contributed by atoms with E-state index in [0.717, 1.165) is 12.1 Å². The number of thiophene rings is 1. The zero-order valence-electron chi connectivity index (χ0n) is 9.93. The Balaban J connectivity index is 3.46. The van der Waals surface area contributed by atoms with Crippen molar-refractivity contribution in [2.45, 2.75) is 19.0 Å². The van der Waals surface area contributed by atoms with E-state index in [9.17, 15) is 31.1 Å². The van der Waals surface area contributed by atoms with Gasteiger partial charge in [-0.15, -0.1) is 11.3 Å². The van der Waals surface area contributed by atoms with E-state index in [-0.39, 0.29) is 6.61 Å². The van der Waals surface area contributed by atoms with Gasteiger partial charge in [0.2, 0.25) is 5.83 Å². The number of alkyl halides is 5. The quantitative estimate of drug-likeness (QED) is 0.473. The highest BCUT2D eigenvalue weighted by atomic mass is 32.1. The van der Waals surface area contributed by atoms with Crippen molar-refractivity contribution in [3.05, 3.63) is 28.2 Å². The highest BCUT2D eigenvalue weighted by Gasteiger charge is 2.62. The molecule has 0 amide bonds. The van der Waals surface area contributed by atoms with Crippen LogP contribution in [0.15, 0.2) is 23.3 Å². The highest BCUT2D eigenvalue weighted by Crippen LogP contribution is 2.48. The summed E-state index contributed by atoms with van der Waals surface area (Å²) >= 11 is 0.452. The molecule has 0 aliphatic heterocycles. The van der Waals surface area contributed by atoms with Crippen LogP contribution in [0.3, 0.4) is 0 Å². The van der Waals surface area contributed by atoms with E-state index in [1.165, 1.54) is 12.3 Å². The monoisotopic (exact) mass is 318 g/mol. The van der Waals surface area contributed by atoms with Crippen molar-refractivity contribution >= 4 is 22.9 Å². The third kappa shape index (κ3) is 3.14. The SMILES string of the molecule is CCOC(=O)/C(F)=C(/c1cccs1)C(F)(F)C(F)(F)F. The van der Waals surface area contributed by atoms with Crippen LogP contribution in [-0.4, -0.2) is 24.7 Å². The van der Waals surface area contributed by atoms with Gasteiger partial charge in [-0.1, -0.05) is 6.07 Å². The van der Waals surface area contributed by atoms with Gasteiger partial charge in [-0.25, -0.2) is 4.79 Å². The van der Waals surface area contributed by atoms with Gasteiger partial charge in [-0.3, -0.25) is 0 Å². The van der Waals surface area contributed by atoms with Crippen LogP contribution < -0.4 is 0 Å². The van der Waals surface area contributed by atoms with Crippen molar-refractivity contribution in [3.8, 4) is 0 Å². The van der Waals surface area contributed by atoms with Crippen LogP contribution in [0.2, 0.25) is 0 Å². The molecule has 1 aromatic heterocycles. The summed E-state index contributed by atoms with van der Waals surface area (Å²) in [4.78, 5) is 10.4. The summed E-state index contributed by atoms with van der Waals surface area (Å²) in [6.07, 6.45) is -6.03. The number of halogens is 6. The molecule has 20 heavy (non-hydrogen) atoms. The van der Waals surface area contributed by atoms with E-state index in [2.05, 4.69) is 4.74 Å². The van der Waals surface area contributed by atoms with E-state index in [0.29, 0.717) is 11.3 Å². The van der Waals surface area contributed by atoms with Crippen LogP contribution in [0.25, 0.3) is 5.57 Å². The zero-order chi connectivity index (χ0) is 15.6. The maximum Gasteiger partial charge on any atom is 0.458 e. The standard InChI is InChI=1S/C11H8F6O2S/c1-2-19-9(18)8(12)7(6-4-3-5-20-6)10(13,14)11(15,16)17/h3-5H,2H2,1H3/b8-7+. The zero-order valence-corrected chi connectivity index (χ0v) is 10.7. The third-order valence-electron chi connectivity index (χ3n) is 2.11. The lowest BCUT2D eigenvalue weighted by Gasteiger charge is -2.22. The van der Waals surface area contributed by atoms with E-state index in [4.69, 9.17) is 0 Å². The normalized spacial score (nSPS) is 13.9. The molecule has 0 atom stereocenters. The molecule has 0 aliphatic carbocycles. The van der Waals surface area contributed by atoms with E-state index < -0.39 is 34.3 Å². The van der Waals surface area contributed by atoms with E-state index >= 15 is 0 Å². The molecular weight excluding hydrogens is 310 g/mol. The summed E-state index contributed by atoms with van der Waals surface area (Å²) in [6.45, 7) is 0.902. The summed E-state index contributed by atoms with van der Waals surface area (Å²) in [5.41, 5.74) is -2.03. The molecule has 0 saturated carbocycles. The lowest BCUT2D eigenvalue weighted by Crippen LogP contribution is -2.38. The molecule has 1 heterocycles. The minimum absolute atomic E-state index is 0.360. The maximum atomic E-state index is 13.7. The van der Waals surface area contributed by atoms with Crippen LogP contribution >= 0.6 is 11.3 Å². The van der Waals surface area contributed by atoms with Crippen LogP contribution in [0.5, 0.6) is 0 Å². The Bertz CT molecular complexity index is 503. The summed E-state index contributed by atoms with van der Waals surface area (Å²) in [6, 6.07) is 2.02. The second kappa shape index (κ2) is 5.86.